The Balaban J connectivity index is 1.79. The molecule has 0 bridgehead atoms. The quantitative estimate of drug-likeness (QED) is 0.467. The predicted molar refractivity (Wildman–Crippen MR) is 113 cm³/mol. The van der Waals surface area contributed by atoms with Crippen molar-refractivity contribution >= 4 is 5.69 Å². The lowest BCUT2D eigenvalue weighted by atomic mass is 9.87. The van der Waals surface area contributed by atoms with Crippen LogP contribution in [0.1, 0.15) is 70.9 Å². The van der Waals surface area contributed by atoms with Crippen LogP contribution in [0.2, 0.25) is 0 Å². The van der Waals surface area contributed by atoms with Crippen LogP contribution < -0.4 is 10.1 Å². The number of anilines is 1. The minimum Gasteiger partial charge on any atom is -0.494 e. The fraction of sp³-hybridized carbons (Fsp3) is 0.500. The molecular weight excluding hydrogens is 318 g/mol. The third-order valence-electron chi connectivity index (χ3n) is 4.67. The Bertz CT molecular complexity index is 640. The molecule has 0 aromatic heterocycles. The first-order valence-corrected chi connectivity index (χ1v) is 10.0. The molecule has 1 N–H and O–H groups in total. The number of hydrogen-bond donors (Lipinski definition) is 1. The first-order chi connectivity index (χ1) is 12.5. The Morgan fingerprint density at radius 1 is 0.885 bits per heavy atom. The SMILES string of the molecule is CCCCCCCOc1cccc(NCc2ccc(C(C)(C)C)cc2)c1. The highest BCUT2D eigenvalue weighted by Crippen LogP contribution is 2.23. The van der Waals surface area contributed by atoms with Crippen LogP contribution in [0.5, 0.6) is 5.75 Å². The lowest BCUT2D eigenvalue weighted by Crippen LogP contribution is -2.11. The smallest absolute Gasteiger partial charge is 0.121 e. The van der Waals surface area contributed by atoms with E-state index in [0.717, 1.165) is 31.0 Å². The van der Waals surface area contributed by atoms with Crippen molar-refractivity contribution in [3.63, 3.8) is 0 Å². The second kappa shape index (κ2) is 10.3. The summed E-state index contributed by atoms with van der Waals surface area (Å²) in [4.78, 5) is 0. The highest BCUT2D eigenvalue weighted by molar-refractivity contribution is 5.48. The van der Waals surface area contributed by atoms with Gasteiger partial charge in [0.15, 0.2) is 0 Å². The van der Waals surface area contributed by atoms with Crippen molar-refractivity contribution in [3.05, 3.63) is 59.7 Å². The molecule has 0 amide bonds. The lowest BCUT2D eigenvalue weighted by Gasteiger charge is -2.19. The van der Waals surface area contributed by atoms with Gasteiger partial charge in [0.2, 0.25) is 0 Å². The number of hydrogen-bond acceptors (Lipinski definition) is 2. The van der Waals surface area contributed by atoms with Gasteiger partial charge >= 0.3 is 0 Å². The zero-order valence-electron chi connectivity index (χ0n) is 17.0. The number of unbranched alkanes of at least 4 members (excludes halogenated alkanes) is 4. The number of rotatable bonds is 10. The fourth-order valence-corrected chi connectivity index (χ4v) is 2.92. The summed E-state index contributed by atoms with van der Waals surface area (Å²) < 4.78 is 5.89. The van der Waals surface area contributed by atoms with E-state index in [1.165, 1.54) is 36.8 Å². The van der Waals surface area contributed by atoms with Gasteiger partial charge in [0, 0.05) is 18.3 Å². The largest absolute Gasteiger partial charge is 0.494 e. The maximum atomic E-state index is 5.89. The van der Waals surface area contributed by atoms with E-state index in [4.69, 9.17) is 4.74 Å². The summed E-state index contributed by atoms with van der Waals surface area (Å²) in [6.45, 7) is 10.6. The molecule has 2 nitrogen and oxygen atoms in total. The van der Waals surface area contributed by atoms with E-state index in [-0.39, 0.29) is 5.41 Å². The van der Waals surface area contributed by atoms with Crippen molar-refractivity contribution in [2.45, 2.75) is 71.8 Å². The summed E-state index contributed by atoms with van der Waals surface area (Å²) in [6.07, 6.45) is 6.33. The summed E-state index contributed by atoms with van der Waals surface area (Å²) >= 11 is 0. The molecule has 0 aliphatic rings. The van der Waals surface area contributed by atoms with E-state index in [9.17, 15) is 0 Å². The summed E-state index contributed by atoms with van der Waals surface area (Å²) in [5, 5.41) is 3.50. The van der Waals surface area contributed by atoms with Crippen molar-refractivity contribution in [1.29, 1.82) is 0 Å². The van der Waals surface area contributed by atoms with Gasteiger partial charge in [0.05, 0.1) is 6.61 Å². The van der Waals surface area contributed by atoms with E-state index in [0.29, 0.717) is 0 Å². The van der Waals surface area contributed by atoms with Crippen molar-refractivity contribution in [3.8, 4) is 5.75 Å². The topological polar surface area (TPSA) is 21.3 Å². The van der Waals surface area contributed by atoms with Crippen LogP contribution in [0.4, 0.5) is 5.69 Å². The molecule has 0 unspecified atom stereocenters. The van der Waals surface area contributed by atoms with Crippen LogP contribution in [0.15, 0.2) is 48.5 Å². The van der Waals surface area contributed by atoms with Crippen LogP contribution in [-0.2, 0) is 12.0 Å². The molecule has 2 aromatic carbocycles. The Hall–Kier alpha value is -1.96. The van der Waals surface area contributed by atoms with Gasteiger partial charge in [-0.25, -0.2) is 0 Å². The summed E-state index contributed by atoms with van der Waals surface area (Å²) in [5.41, 5.74) is 3.97. The zero-order chi connectivity index (χ0) is 18.8. The molecule has 0 heterocycles. The van der Waals surface area contributed by atoms with Gasteiger partial charge < -0.3 is 10.1 Å². The van der Waals surface area contributed by atoms with Crippen molar-refractivity contribution < 1.29 is 4.74 Å². The van der Waals surface area contributed by atoms with Gasteiger partial charge in [0.25, 0.3) is 0 Å². The first-order valence-electron chi connectivity index (χ1n) is 10.0. The molecule has 0 fully saturated rings. The Morgan fingerprint density at radius 3 is 2.31 bits per heavy atom. The standard InChI is InChI=1S/C24H35NO/c1-5-6-7-8-9-17-26-23-12-10-11-22(18-23)25-19-20-13-15-21(16-14-20)24(2,3)4/h10-16,18,25H,5-9,17,19H2,1-4H3. The third kappa shape index (κ3) is 7.11. The van der Waals surface area contributed by atoms with Gasteiger partial charge in [-0.2, -0.15) is 0 Å². The van der Waals surface area contributed by atoms with Crippen LogP contribution >= 0.6 is 0 Å². The monoisotopic (exact) mass is 353 g/mol. The Kier molecular flexibility index (Phi) is 8.03. The molecule has 2 heteroatoms. The van der Waals surface area contributed by atoms with Gasteiger partial charge in [-0.05, 0) is 35.1 Å². The zero-order valence-corrected chi connectivity index (χ0v) is 17.0. The lowest BCUT2D eigenvalue weighted by molar-refractivity contribution is 0.304. The van der Waals surface area contributed by atoms with Gasteiger partial charge in [-0.1, -0.05) is 83.7 Å². The molecule has 0 atom stereocenters. The highest BCUT2D eigenvalue weighted by atomic mass is 16.5. The highest BCUT2D eigenvalue weighted by Gasteiger charge is 2.12. The third-order valence-corrected chi connectivity index (χ3v) is 4.67. The first kappa shape index (κ1) is 20.4. The number of nitrogens with one attached hydrogen (secondary N) is 1. The van der Waals surface area contributed by atoms with Crippen LogP contribution in [0, 0.1) is 0 Å². The second-order valence-corrected chi connectivity index (χ2v) is 8.09. The second-order valence-electron chi connectivity index (χ2n) is 8.09. The summed E-state index contributed by atoms with van der Waals surface area (Å²) in [5.74, 6) is 0.952. The molecule has 0 aliphatic carbocycles. The normalized spacial score (nSPS) is 11.4. The van der Waals surface area contributed by atoms with Crippen molar-refractivity contribution in [2.24, 2.45) is 0 Å². The summed E-state index contributed by atoms with van der Waals surface area (Å²) in [7, 11) is 0. The predicted octanol–water partition coefficient (Wildman–Crippen LogP) is 6.95. The van der Waals surface area contributed by atoms with Gasteiger partial charge in [-0.3, -0.25) is 0 Å². The average molecular weight is 354 g/mol. The van der Waals surface area contributed by atoms with E-state index in [1.807, 2.05) is 6.07 Å². The van der Waals surface area contributed by atoms with E-state index < -0.39 is 0 Å². The number of benzene rings is 2. The minimum atomic E-state index is 0.203. The van der Waals surface area contributed by atoms with Crippen LogP contribution in [0.3, 0.4) is 0 Å². The van der Waals surface area contributed by atoms with Crippen LogP contribution in [0.25, 0.3) is 0 Å². The van der Waals surface area contributed by atoms with Gasteiger partial charge in [-0.15, -0.1) is 0 Å². The van der Waals surface area contributed by atoms with E-state index in [2.05, 4.69) is 75.5 Å². The van der Waals surface area contributed by atoms with Crippen molar-refractivity contribution in [1.82, 2.24) is 0 Å². The molecule has 142 valence electrons. The minimum absolute atomic E-state index is 0.203. The van der Waals surface area contributed by atoms with Gasteiger partial charge in [0.1, 0.15) is 5.75 Å². The van der Waals surface area contributed by atoms with Crippen LogP contribution in [-0.4, -0.2) is 6.61 Å². The maximum Gasteiger partial charge on any atom is 0.121 e. The molecule has 0 saturated heterocycles. The fourth-order valence-electron chi connectivity index (χ4n) is 2.92. The molecule has 2 rings (SSSR count). The maximum absolute atomic E-state index is 5.89. The molecule has 26 heavy (non-hydrogen) atoms. The Labute approximate surface area is 160 Å². The number of ether oxygens (including phenoxy) is 1. The summed E-state index contributed by atoms with van der Waals surface area (Å²) in [6, 6.07) is 17.2. The molecule has 0 radical (unpaired) electrons. The van der Waals surface area contributed by atoms with Crippen molar-refractivity contribution in [2.75, 3.05) is 11.9 Å². The average Bonchev–Trinajstić information content (AvgIpc) is 2.63. The Morgan fingerprint density at radius 2 is 1.62 bits per heavy atom. The molecule has 0 aliphatic heterocycles. The molecular formula is C24H35NO. The van der Waals surface area contributed by atoms with E-state index in [1.54, 1.807) is 0 Å². The van der Waals surface area contributed by atoms with E-state index >= 15 is 0 Å². The molecule has 0 saturated carbocycles. The molecule has 2 aromatic rings. The molecule has 0 spiro atoms.